The lowest BCUT2D eigenvalue weighted by molar-refractivity contribution is -0.124. The van der Waals surface area contributed by atoms with Crippen molar-refractivity contribution < 1.29 is 28.2 Å². The molecule has 0 aliphatic rings. The van der Waals surface area contributed by atoms with Crippen LogP contribution in [0.25, 0.3) is 0 Å². The van der Waals surface area contributed by atoms with Gasteiger partial charge in [-0.1, -0.05) is 49.2 Å². The molecule has 0 aliphatic carbocycles. The zero-order valence-corrected chi connectivity index (χ0v) is 24.1. The average molecular weight is 603 g/mol. The molecule has 0 aromatic heterocycles. The smallest absolute Gasteiger partial charge is 0.262 e. The summed E-state index contributed by atoms with van der Waals surface area (Å²) < 4.78 is 25.0. The predicted octanol–water partition coefficient (Wildman–Crippen LogP) is 5.45. The number of hydrazone groups is 1. The molecule has 12 heteroatoms. The van der Waals surface area contributed by atoms with Gasteiger partial charge in [-0.25, -0.2) is 9.82 Å². The van der Waals surface area contributed by atoms with Crippen molar-refractivity contribution in [2.45, 2.75) is 26.8 Å². The van der Waals surface area contributed by atoms with Gasteiger partial charge in [0, 0.05) is 5.56 Å². The third kappa shape index (κ3) is 9.19. The fraction of sp³-hybridized carbons (Fsp3) is 0.241. The summed E-state index contributed by atoms with van der Waals surface area (Å²) in [7, 11) is 0. The van der Waals surface area contributed by atoms with Crippen LogP contribution < -0.4 is 25.5 Å². The summed E-state index contributed by atoms with van der Waals surface area (Å²) in [5.74, 6) is -1.71. The van der Waals surface area contributed by atoms with Gasteiger partial charge in [-0.3, -0.25) is 14.4 Å². The van der Waals surface area contributed by atoms with Crippen LogP contribution in [-0.4, -0.2) is 43.2 Å². The van der Waals surface area contributed by atoms with Crippen LogP contribution in [-0.2, 0) is 9.59 Å². The van der Waals surface area contributed by atoms with Gasteiger partial charge in [-0.2, -0.15) is 5.10 Å². The van der Waals surface area contributed by atoms with Gasteiger partial charge >= 0.3 is 0 Å². The van der Waals surface area contributed by atoms with E-state index < -0.39 is 29.6 Å². The van der Waals surface area contributed by atoms with Crippen molar-refractivity contribution in [3.05, 3.63) is 87.7 Å². The van der Waals surface area contributed by atoms with E-state index in [1.807, 2.05) is 0 Å². The van der Waals surface area contributed by atoms with E-state index in [0.717, 1.165) is 0 Å². The lowest BCUT2D eigenvalue weighted by atomic mass is 10.0. The van der Waals surface area contributed by atoms with Crippen molar-refractivity contribution in [3.63, 3.8) is 0 Å². The van der Waals surface area contributed by atoms with Crippen molar-refractivity contribution in [3.8, 4) is 11.5 Å². The maximum atomic E-state index is 13.8. The Morgan fingerprint density at radius 2 is 1.73 bits per heavy atom. The summed E-state index contributed by atoms with van der Waals surface area (Å²) in [4.78, 5) is 37.7. The van der Waals surface area contributed by atoms with Gasteiger partial charge in [-0.15, -0.1) is 0 Å². The summed E-state index contributed by atoms with van der Waals surface area (Å²) >= 11 is 11.9. The number of nitrogens with zero attached hydrogens (tertiary/aromatic N) is 1. The van der Waals surface area contributed by atoms with Crippen molar-refractivity contribution in [2.24, 2.45) is 11.0 Å². The quantitative estimate of drug-likeness (QED) is 0.188. The lowest BCUT2D eigenvalue weighted by Crippen LogP contribution is -2.48. The van der Waals surface area contributed by atoms with Crippen molar-refractivity contribution in [1.82, 2.24) is 10.7 Å². The number of hydrogen-bond acceptors (Lipinski definition) is 6. The monoisotopic (exact) mass is 602 g/mol. The first-order chi connectivity index (χ1) is 19.6. The lowest BCUT2D eigenvalue weighted by Gasteiger charge is -2.20. The Hall–Kier alpha value is -4.15. The third-order valence-electron chi connectivity index (χ3n) is 5.58. The Morgan fingerprint density at radius 3 is 2.41 bits per heavy atom. The second kappa shape index (κ2) is 15.0. The van der Waals surface area contributed by atoms with Crippen LogP contribution in [0.1, 0.15) is 36.7 Å². The molecular weight excluding hydrogens is 574 g/mol. The highest BCUT2D eigenvalue weighted by molar-refractivity contribution is 6.42. The number of rotatable bonds is 12. The van der Waals surface area contributed by atoms with Crippen molar-refractivity contribution >= 4 is 52.8 Å². The number of para-hydroxylation sites is 1. The third-order valence-corrected chi connectivity index (χ3v) is 6.32. The first-order valence-electron chi connectivity index (χ1n) is 12.6. The molecule has 3 aromatic rings. The van der Waals surface area contributed by atoms with E-state index in [-0.39, 0.29) is 28.8 Å². The minimum Gasteiger partial charge on any atom is -0.490 e. The van der Waals surface area contributed by atoms with Crippen LogP contribution in [0.15, 0.2) is 65.8 Å². The first kappa shape index (κ1) is 31.4. The largest absolute Gasteiger partial charge is 0.490 e. The summed E-state index contributed by atoms with van der Waals surface area (Å²) in [5, 5.41) is 9.67. The molecule has 41 heavy (non-hydrogen) atoms. The topological polar surface area (TPSA) is 118 Å². The zero-order chi connectivity index (χ0) is 29.9. The van der Waals surface area contributed by atoms with Gasteiger partial charge in [0.05, 0.1) is 28.6 Å². The van der Waals surface area contributed by atoms with Crippen LogP contribution in [0.5, 0.6) is 11.5 Å². The summed E-state index contributed by atoms with van der Waals surface area (Å²) in [6, 6.07) is 14.2. The minimum atomic E-state index is -0.876. The molecule has 3 rings (SSSR count). The van der Waals surface area contributed by atoms with E-state index in [9.17, 15) is 18.8 Å². The number of halogens is 3. The highest BCUT2D eigenvalue weighted by Gasteiger charge is 2.25. The van der Waals surface area contributed by atoms with Crippen LogP contribution in [0, 0.1) is 11.7 Å². The Kier molecular flexibility index (Phi) is 11.5. The van der Waals surface area contributed by atoms with E-state index in [0.29, 0.717) is 28.7 Å². The number of hydrogen-bond donors (Lipinski definition) is 3. The number of nitrogens with one attached hydrogen (secondary N) is 3. The zero-order valence-electron chi connectivity index (χ0n) is 22.5. The molecular formula is C29H29Cl2FN4O5. The highest BCUT2D eigenvalue weighted by Crippen LogP contribution is 2.28. The number of carbonyl (C=O) groups excluding carboxylic acids is 3. The van der Waals surface area contributed by atoms with E-state index >= 15 is 0 Å². The van der Waals surface area contributed by atoms with Crippen LogP contribution >= 0.6 is 23.2 Å². The molecule has 0 radical (unpaired) electrons. The summed E-state index contributed by atoms with van der Waals surface area (Å²) in [6.45, 7) is 5.31. The molecule has 3 N–H and O–H groups in total. The predicted molar refractivity (Wildman–Crippen MR) is 156 cm³/mol. The normalized spacial score (nSPS) is 11.7. The minimum absolute atomic E-state index is 0.0494. The van der Waals surface area contributed by atoms with Crippen LogP contribution in [0.2, 0.25) is 10.0 Å². The van der Waals surface area contributed by atoms with Gasteiger partial charge in [0.1, 0.15) is 11.9 Å². The molecule has 0 saturated carbocycles. The summed E-state index contributed by atoms with van der Waals surface area (Å²) in [5.41, 5.74) is 3.31. The van der Waals surface area contributed by atoms with Gasteiger partial charge < -0.3 is 20.1 Å². The van der Waals surface area contributed by atoms with E-state index in [1.54, 1.807) is 45.0 Å². The van der Waals surface area contributed by atoms with Crippen molar-refractivity contribution in [2.75, 3.05) is 18.5 Å². The maximum Gasteiger partial charge on any atom is 0.262 e. The molecule has 0 heterocycles. The molecule has 0 bridgehead atoms. The number of carbonyl (C=O) groups is 3. The average Bonchev–Trinajstić information content (AvgIpc) is 2.93. The molecule has 0 fully saturated rings. The Labute approximate surface area is 247 Å². The van der Waals surface area contributed by atoms with E-state index in [1.165, 1.54) is 42.6 Å². The number of amides is 3. The molecule has 3 aromatic carbocycles. The highest BCUT2D eigenvalue weighted by atomic mass is 35.5. The van der Waals surface area contributed by atoms with Gasteiger partial charge in [-0.05, 0) is 66.9 Å². The van der Waals surface area contributed by atoms with E-state index in [4.69, 9.17) is 32.7 Å². The fourth-order valence-electron chi connectivity index (χ4n) is 3.52. The number of ether oxygens (including phenoxy) is 2. The molecule has 216 valence electrons. The molecule has 0 saturated heterocycles. The SMILES string of the molecule is CCOc1cc(/C=N/NC(=O)C(NC(=O)c2ccc(Cl)c(Cl)c2)C(C)C)ccc1OCC(=O)Nc1ccccc1F. The Morgan fingerprint density at radius 1 is 0.976 bits per heavy atom. The molecule has 3 amide bonds. The standard InChI is InChI=1S/C29H29Cl2FN4O5/c1-4-40-25-13-18(9-12-24(25)41-16-26(37)34-23-8-6-5-7-22(23)32)15-33-36-29(39)27(17(2)3)35-28(38)19-10-11-20(30)21(31)14-19/h5-15,17,27H,4,16H2,1-3H3,(H,34,37)(H,35,38)(H,36,39)/b33-15+. The van der Waals surface area contributed by atoms with Crippen molar-refractivity contribution in [1.29, 1.82) is 0 Å². The van der Waals surface area contributed by atoms with Crippen LogP contribution in [0.3, 0.4) is 0 Å². The summed E-state index contributed by atoms with van der Waals surface area (Å²) in [6.07, 6.45) is 1.40. The van der Waals surface area contributed by atoms with Gasteiger partial charge in [0.15, 0.2) is 18.1 Å². The molecule has 9 nitrogen and oxygen atoms in total. The molecule has 1 unspecified atom stereocenters. The van der Waals surface area contributed by atoms with Gasteiger partial charge in [0.25, 0.3) is 17.7 Å². The molecule has 0 aliphatic heterocycles. The van der Waals surface area contributed by atoms with Gasteiger partial charge in [0.2, 0.25) is 0 Å². The second-order valence-corrected chi connectivity index (χ2v) is 9.83. The fourth-order valence-corrected chi connectivity index (χ4v) is 3.82. The molecule has 0 spiro atoms. The Balaban J connectivity index is 1.61. The number of benzene rings is 3. The second-order valence-electron chi connectivity index (χ2n) is 9.01. The number of anilines is 1. The Bertz CT molecular complexity index is 1430. The maximum absolute atomic E-state index is 13.8. The van der Waals surface area contributed by atoms with Crippen LogP contribution in [0.4, 0.5) is 10.1 Å². The molecule has 1 atom stereocenters. The first-order valence-corrected chi connectivity index (χ1v) is 13.4. The van der Waals surface area contributed by atoms with E-state index in [2.05, 4.69) is 21.2 Å².